The lowest BCUT2D eigenvalue weighted by Crippen LogP contribution is -2.25. The second-order valence-electron chi connectivity index (χ2n) is 6.25. The molecule has 0 saturated carbocycles. The number of aromatic nitrogens is 2. The molecule has 0 unspecified atom stereocenters. The lowest BCUT2D eigenvalue weighted by Gasteiger charge is -2.16. The third kappa shape index (κ3) is 4.54. The number of amides is 1. The molecule has 1 amide bonds. The summed E-state index contributed by atoms with van der Waals surface area (Å²) in [6.45, 7) is 3.88. The first-order valence-electron chi connectivity index (χ1n) is 8.57. The number of hydrogen-bond donors (Lipinski definition) is 1. The standard InChI is InChI=1S/C20H21N3O2S2/c1-13(2)23-19(25)16-9-4-5-10-17(16)22-20(23)27-12-18(24)21-14-7-6-8-15(11-14)26-3/h4-11,13H,12H2,1-3H3,(H,21,24). The molecule has 1 heterocycles. The molecular formula is C20H21N3O2S2. The number of carbonyl (C=O) groups is 1. The first-order valence-corrected chi connectivity index (χ1v) is 10.8. The number of hydrogen-bond acceptors (Lipinski definition) is 5. The van der Waals surface area contributed by atoms with Crippen LogP contribution in [0, 0.1) is 0 Å². The minimum Gasteiger partial charge on any atom is -0.325 e. The molecular weight excluding hydrogens is 378 g/mol. The van der Waals surface area contributed by atoms with Crippen molar-refractivity contribution in [2.45, 2.75) is 29.9 Å². The van der Waals surface area contributed by atoms with Crippen LogP contribution in [0.1, 0.15) is 19.9 Å². The van der Waals surface area contributed by atoms with Crippen molar-refractivity contribution in [2.24, 2.45) is 0 Å². The van der Waals surface area contributed by atoms with E-state index >= 15 is 0 Å². The third-order valence-electron chi connectivity index (χ3n) is 3.98. The summed E-state index contributed by atoms with van der Waals surface area (Å²) in [6, 6.07) is 15.0. The molecule has 0 aliphatic heterocycles. The molecule has 3 rings (SSSR count). The summed E-state index contributed by atoms with van der Waals surface area (Å²) in [4.78, 5) is 30.9. The van der Waals surface area contributed by atoms with Crippen LogP contribution in [0.2, 0.25) is 0 Å². The van der Waals surface area contributed by atoms with Crippen molar-refractivity contribution >= 4 is 46.0 Å². The summed E-state index contributed by atoms with van der Waals surface area (Å²) in [5.41, 5.74) is 1.33. The number of para-hydroxylation sites is 1. The molecule has 0 spiro atoms. The van der Waals surface area contributed by atoms with E-state index in [1.807, 2.05) is 62.6 Å². The molecule has 2 aromatic carbocycles. The van der Waals surface area contributed by atoms with Crippen LogP contribution in [-0.4, -0.2) is 27.5 Å². The number of rotatable bonds is 6. The first-order chi connectivity index (χ1) is 13.0. The van der Waals surface area contributed by atoms with Gasteiger partial charge in [-0.05, 0) is 50.4 Å². The molecule has 0 aliphatic rings. The van der Waals surface area contributed by atoms with Crippen LogP contribution >= 0.6 is 23.5 Å². The largest absolute Gasteiger partial charge is 0.325 e. The zero-order valence-corrected chi connectivity index (χ0v) is 17.1. The Balaban J connectivity index is 1.80. The van der Waals surface area contributed by atoms with Crippen LogP contribution in [0.3, 0.4) is 0 Å². The van der Waals surface area contributed by atoms with Crippen LogP contribution in [0.15, 0.2) is 63.4 Å². The van der Waals surface area contributed by atoms with E-state index in [2.05, 4.69) is 10.3 Å². The van der Waals surface area contributed by atoms with E-state index in [-0.39, 0.29) is 23.3 Å². The average molecular weight is 400 g/mol. The molecule has 27 heavy (non-hydrogen) atoms. The fourth-order valence-electron chi connectivity index (χ4n) is 2.71. The Labute approximate surface area is 166 Å². The van der Waals surface area contributed by atoms with Crippen molar-refractivity contribution < 1.29 is 4.79 Å². The normalized spacial score (nSPS) is 11.1. The van der Waals surface area contributed by atoms with Crippen molar-refractivity contribution in [1.82, 2.24) is 9.55 Å². The van der Waals surface area contributed by atoms with Gasteiger partial charge in [-0.15, -0.1) is 11.8 Å². The van der Waals surface area contributed by atoms with Gasteiger partial charge in [0.25, 0.3) is 5.56 Å². The van der Waals surface area contributed by atoms with E-state index in [0.29, 0.717) is 16.1 Å². The number of carbonyl (C=O) groups excluding carboxylic acids is 1. The van der Waals surface area contributed by atoms with Gasteiger partial charge in [-0.1, -0.05) is 30.0 Å². The van der Waals surface area contributed by atoms with E-state index < -0.39 is 0 Å². The van der Waals surface area contributed by atoms with Crippen LogP contribution in [-0.2, 0) is 4.79 Å². The van der Waals surface area contributed by atoms with E-state index in [1.54, 1.807) is 22.4 Å². The number of thioether (sulfide) groups is 2. The summed E-state index contributed by atoms with van der Waals surface area (Å²) in [5.74, 6) is 0.0528. The van der Waals surface area contributed by atoms with E-state index in [9.17, 15) is 9.59 Å². The van der Waals surface area contributed by atoms with Crippen molar-refractivity contribution in [2.75, 3.05) is 17.3 Å². The Bertz CT molecular complexity index is 1030. The summed E-state index contributed by atoms with van der Waals surface area (Å²) in [6.07, 6.45) is 1.99. The van der Waals surface area contributed by atoms with E-state index in [1.165, 1.54) is 11.8 Å². The molecule has 0 saturated heterocycles. The van der Waals surface area contributed by atoms with Gasteiger partial charge >= 0.3 is 0 Å². The second-order valence-corrected chi connectivity index (χ2v) is 8.07. The molecule has 140 valence electrons. The molecule has 5 nitrogen and oxygen atoms in total. The van der Waals surface area contributed by atoms with E-state index in [0.717, 1.165) is 10.6 Å². The number of nitrogens with zero attached hydrogens (tertiary/aromatic N) is 2. The van der Waals surface area contributed by atoms with Gasteiger partial charge in [0.2, 0.25) is 5.91 Å². The summed E-state index contributed by atoms with van der Waals surface area (Å²) in [7, 11) is 0. The van der Waals surface area contributed by atoms with Crippen LogP contribution < -0.4 is 10.9 Å². The highest BCUT2D eigenvalue weighted by molar-refractivity contribution is 7.99. The Kier molecular flexibility index (Phi) is 6.23. The molecule has 0 radical (unpaired) electrons. The van der Waals surface area contributed by atoms with Crippen LogP contribution in [0.25, 0.3) is 10.9 Å². The summed E-state index contributed by atoms with van der Waals surface area (Å²) >= 11 is 2.90. The van der Waals surface area contributed by atoms with Gasteiger partial charge in [0.05, 0.1) is 16.7 Å². The van der Waals surface area contributed by atoms with Crippen molar-refractivity contribution in [3.8, 4) is 0 Å². The number of fused-ring (bicyclic) bond motifs is 1. The maximum absolute atomic E-state index is 12.8. The SMILES string of the molecule is CSc1cccc(NC(=O)CSc2nc3ccccc3c(=O)n2C(C)C)c1. The molecule has 1 aromatic heterocycles. The number of nitrogens with one attached hydrogen (secondary N) is 1. The number of anilines is 1. The minimum atomic E-state index is -0.129. The Morgan fingerprint density at radius 2 is 1.96 bits per heavy atom. The summed E-state index contributed by atoms with van der Waals surface area (Å²) < 4.78 is 1.65. The molecule has 0 atom stereocenters. The molecule has 1 N–H and O–H groups in total. The minimum absolute atomic E-state index is 0.0431. The van der Waals surface area contributed by atoms with Crippen molar-refractivity contribution in [3.63, 3.8) is 0 Å². The average Bonchev–Trinajstić information content (AvgIpc) is 2.66. The van der Waals surface area contributed by atoms with Gasteiger partial charge in [0, 0.05) is 16.6 Å². The Hall–Kier alpha value is -2.25. The Morgan fingerprint density at radius 3 is 2.70 bits per heavy atom. The highest BCUT2D eigenvalue weighted by Gasteiger charge is 2.15. The predicted octanol–water partition coefficient (Wildman–Crippen LogP) is 4.43. The highest BCUT2D eigenvalue weighted by Crippen LogP contribution is 2.22. The predicted molar refractivity (Wildman–Crippen MR) is 114 cm³/mol. The van der Waals surface area contributed by atoms with E-state index in [4.69, 9.17) is 0 Å². The third-order valence-corrected chi connectivity index (χ3v) is 5.66. The van der Waals surface area contributed by atoms with Gasteiger partial charge in [0.15, 0.2) is 5.16 Å². The van der Waals surface area contributed by atoms with Crippen molar-refractivity contribution in [3.05, 3.63) is 58.9 Å². The lowest BCUT2D eigenvalue weighted by molar-refractivity contribution is -0.113. The first kappa shape index (κ1) is 19.5. The zero-order chi connectivity index (χ0) is 19.4. The molecule has 0 fully saturated rings. The quantitative estimate of drug-likeness (QED) is 0.491. The van der Waals surface area contributed by atoms with Crippen molar-refractivity contribution in [1.29, 1.82) is 0 Å². The fourth-order valence-corrected chi connectivity index (χ4v) is 4.10. The van der Waals surface area contributed by atoms with Crippen LogP contribution in [0.5, 0.6) is 0 Å². The van der Waals surface area contributed by atoms with Gasteiger partial charge in [-0.3, -0.25) is 14.2 Å². The van der Waals surface area contributed by atoms with Gasteiger partial charge < -0.3 is 5.32 Å². The summed E-state index contributed by atoms with van der Waals surface area (Å²) in [5, 5.41) is 4.05. The Morgan fingerprint density at radius 1 is 1.19 bits per heavy atom. The van der Waals surface area contributed by atoms with Gasteiger partial charge in [-0.25, -0.2) is 4.98 Å². The smallest absolute Gasteiger partial charge is 0.262 e. The highest BCUT2D eigenvalue weighted by atomic mass is 32.2. The molecule has 0 bridgehead atoms. The molecule has 3 aromatic rings. The second kappa shape index (κ2) is 8.63. The maximum atomic E-state index is 12.8. The molecule has 0 aliphatic carbocycles. The lowest BCUT2D eigenvalue weighted by atomic mass is 10.2. The topological polar surface area (TPSA) is 64.0 Å². The fraction of sp³-hybridized carbons (Fsp3) is 0.250. The van der Waals surface area contributed by atoms with Crippen LogP contribution in [0.4, 0.5) is 5.69 Å². The number of benzene rings is 2. The monoisotopic (exact) mass is 399 g/mol. The van der Waals surface area contributed by atoms with Gasteiger partial charge in [0.1, 0.15) is 0 Å². The van der Waals surface area contributed by atoms with Gasteiger partial charge in [-0.2, -0.15) is 0 Å². The zero-order valence-electron chi connectivity index (χ0n) is 15.4. The maximum Gasteiger partial charge on any atom is 0.262 e. The molecule has 7 heteroatoms.